The quantitative estimate of drug-likeness (QED) is 0.393. The van der Waals surface area contributed by atoms with Gasteiger partial charge in [-0.05, 0) is 13.8 Å². The molecule has 8 heteroatoms. The van der Waals surface area contributed by atoms with E-state index in [1.165, 1.54) is 7.11 Å². The summed E-state index contributed by atoms with van der Waals surface area (Å²) in [5, 5.41) is 0. The van der Waals surface area contributed by atoms with E-state index in [0.29, 0.717) is 51.4 Å². The van der Waals surface area contributed by atoms with Gasteiger partial charge in [0, 0.05) is 19.3 Å². The molecule has 0 spiro atoms. The van der Waals surface area contributed by atoms with E-state index in [1.807, 2.05) is 13.8 Å². The first kappa shape index (κ1) is 22.1. The van der Waals surface area contributed by atoms with Crippen LogP contribution in [0.3, 0.4) is 0 Å². The van der Waals surface area contributed by atoms with Crippen molar-refractivity contribution < 1.29 is 38.0 Å². The monoisotopic (exact) mass is 388 g/mol. The van der Waals surface area contributed by atoms with Crippen molar-refractivity contribution in [1.82, 2.24) is 0 Å². The lowest BCUT2D eigenvalue weighted by molar-refractivity contribution is -0.175. The molecular weight excluding hydrogens is 356 g/mol. The minimum absolute atomic E-state index is 0.126. The summed E-state index contributed by atoms with van der Waals surface area (Å²) in [6.45, 7) is 9.26. The largest absolute Gasteiger partial charge is 0.502 e. The molecule has 0 radical (unpaired) electrons. The third-order valence-electron chi connectivity index (χ3n) is 4.75. The van der Waals surface area contributed by atoms with Crippen molar-refractivity contribution in [1.29, 1.82) is 0 Å². The highest BCUT2D eigenvalue weighted by Gasteiger charge is 2.39. The molecule has 2 aliphatic heterocycles. The lowest BCUT2D eigenvalue weighted by atomic mass is 10.1. The fraction of sp³-hybridized carbons (Fsp3) is 0.842. The Bertz CT molecular complexity index is 466. The van der Waals surface area contributed by atoms with E-state index in [9.17, 15) is 4.79 Å². The van der Waals surface area contributed by atoms with Gasteiger partial charge in [-0.3, -0.25) is 4.79 Å². The van der Waals surface area contributed by atoms with Crippen LogP contribution in [0.1, 0.15) is 39.5 Å². The van der Waals surface area contributed by atoms with Gasteiger partial charge in [-0.1, -0.05) is 6.58 Å². The Hall–Kier alpha value is -1.19. The molecule has 0 N–H and O–H groups in total. The van der Waals surface area contributed by atoms with E-state index in [1.54, 1.807) is 7.11 Å². The predicted molar refractivity (Wildman–Crippen MR) is 95.9 cm³/mol. The first-order chi connectivity index (χ1) is 12.8. The van der Waals surface area contributed by atoms with Crippen molar-refractivity contribution in [3.05, 3.63) is 12.3 Å². The minimum Gasteiger partial charge on any atom is -0.502 e. The smallest absolute Gasteiger partial charge is 0.305 e. The highest BCUT2D eigenvalue weighted by atomic mass is 16.8. The van der Waals surface area contributed by atoms with Gasteiger partial charge < -0.3 is 33.2 Å². The molecule has 2 saturated heterocycles. The number of carbonyl (C=O) groups is 1. The zero-order valence-electron chi connectivity index (χ0n) is 16.8. The minimum atomic E-state index is -0.780. The topological polar surface area (TPSA) is 81.7 Å². The zero-order valence-corrected chi connectivity index (χ0v) is 16.8. The van der Waals surface area contributed by atoms with E-state index in [0.717, 1.165) is 0 Å². The number of ether oxygens (including phenoxy) is 7. The number of allylic oxidation sites excluding steroid dienone is 1. The van der Waals surface area contributed by atoms with Gasteiger partial charge in [0.25, 0.3) is 0 Å². The predicted octanol–water partition coefficient (Wildman–Crippen LogP) is 2.16. The van der Waals surface area contributed by atoms with Crippen LogP contribution in [-0.2, 0) is 38.0 Å². The van der Waals surface area contributed by atoms with Crippen molar-refractivity contribution in [3.8, 4) is 0 Å². The summed E-state index contributed by atoms with van der Waals surface area (Å²) in [5.41, 5.74) is 0. The molecule has 4 unspecified atom stereocenters. The molecule has 0 amide bonds. The van der Waals surface area contributed by atoms with Gasteiger partial charge in [-0.15, -0.1) is 0 Å². The summed E-state index contributed by atoms with van der Waals surface area (Å²) in [6, 6.07) is 0. The first-order valence-electron chi connectivity index (χ1n) is 9.27. The van der Waals surface area contributed by atoms with E-state index in [4.69, 9.17) is 28.4 Å². The number of hydrogen-bond donors (Lipinski definition) is 0. The fourth-order valence-electron chi connectivity index (χ4n) is 3.04. The molecular formula is C19H32O8. The van der Waals surface area contributed by atoms with Crippen molar-refractivity contribution >= 4 is 5.97 Å². The molecule has 156 valence electrons. The van der Waals surface area contributed by atoms with Gasteiger partial charge in [0.2, 0.25) is 0 Å². The van der Waals surface area contributed by atoms with Crippen LogP contribution in [0.5, 0.6) is 0 Å². The van der Waals surface area contributed by atoms with Crippen LogP contribution in [0.25, 0.3) is 0 Å². The summed E-state index contributed by atoms with van der Waals surface area (Å²) in [4.78, 5) is 11.3. The van der Waals surface area contributed by atoms with Crippen molar-refractivity contribution in [3.63, 3.8) is 0 Å². The highest BCUT2D eigenvalue weighted by Crippen LogP contribution is 2.30. The molecule has 2 heterocycles. The molecule has 2 fully saturated rings. The van der Waals surface area contributed by atoms with Gasteiger partial charge in [-0.25, -0.2) is 0 Å². The SMILES string of the molecule is C=C(CCC1(C)OCC(COCC2COC(C)(CCC(=O)OC)O2)O1)OC. The standard InChI is InChI=1S/C19H32O8/c1-14(21-4)6-8-18(2)24-12-15(26-18)10-23-11-16-13-25-19(3,27-16)9-7-17(20)22-5/h15-16H,1,6-13H2,2-5H3. The maximum absolute atomic E-state index is 11.3. The zero-order chi connectivity index (χ0) is 19.9. The molecule has 8 nitrogen and oxygen atoms in total. The van der Waals surface area contributed by atoms with Crippen LogP contribution in [0, 0.1) is 0 Å². The molecule has 2 rings (SSSR count). The van der Waals surface area contributed by atoms with Gasteiger partial charge in [0.05, 0.1) is 52.8 Å². The fourth-order valence-corrected chi connectivity index (χ4v) is 3.04. The third kappa shape index (κ3) is 7.04. The normalized spacial score (nSPS) is 33.2. The Labute approximate surface area is 161 Å². The molecule has 27 heavy (non-hydrogen) atoms. The second-order valence-electron chi connectivity index (χ2n) is 7.23. The third-order valence-corrected chi connectivity index (χ3v) is 4.75. The summed E-state index contributed by atoms with van der Waals surface area (Å²) in [7, 11) is 2.97. The summed E-state index contributed by atoms with van der Waals surface area (Å²) in [6.07, 6.45) is 1.75. The van der Waals surface area contributed by atoms with Gasteiger partial charge in [0.1, 0.15) is 12.2 Å². The molecule has 0 bridgehead atoms. The number of methoxy groups -OCH3 is 2. The average Bonchev–Trinajstić information content (AvgIpc) is 3.21. The van der Waals surface area contributed by atoms with Crippen LogP contribution in [0.4, 0.5) is 0 Å². The number of carbonyl (C=O) groups excluding carboxylic acids is 1. The summed E-state index contributed by atoms with van der Waals surface area (Å²) < 4.78 is 38.7. The number of esters is 1. The highest BCUT2D eigenvalue weighted by molar-refractivity contribution is 5.69. The molecule has 0 saturated carbocycles. The number of rotatable bonds is 11. The van der Waals surface area contributed by atoms with Crippen LogP contribution < -0.4 is 0 Å². The number of hydrogen-bond acceptors (Lipinski definition) is 8. The van der Waals surface area contributed by atoms with Crippen molar-refractivity contribution in [2.24, 2.45) is 0 Å². The lowest BCUT2D eigenvalue weighted by Gasteiger charge is -2.24. The summed E-state index contributed by atoms with van der Waals surface area (Å²) in [5.74, 6) is -0.998. The Kier molecular flexibility index (Phi) is 8.05. The van der Waals surface area contributed by atoms with Crippen LogP contribution in [-0.4, -0.2) is 70.4 Å². The van der Waals surface area contributed by atoms with Crippen LogP contribution in [0.15, 0.2) is 12.3 Å². The molecule has 0 aromatic rings. The van der Waals surface area contributed by atoms with Gasteiger partial charge in [-0.2, -0.15) is 0 Å². The van der Waals surface area contributed by atoms with Gasteiger partial charge >= 0.3 is 5.97 Å². The molecule has 0 aliphatic carbocycles. The van der Waals surface area contributed by atoms with Gasteiger partial charge in [0.15, 0.2) is 11.6 Å². The Morgan fingerprint density at radius 2 is 1.48 bits per heavy atom. The lowest BCUT2D eigenvalue weighted by Crippen LogP contribution is -2.30. The van der Waals surface area contributed by atoms with Crippen LogP contribution >= 0.6 is 0 Å². The molecule has 0 aromatic carbocycles. The Balaban J connectivity index is 1.63. The van der Waals surface area contributed by atoms with E-state index >= 15 is 0 Å². The Morgan fingerprint density at radius 1 is 0.963 bits per heavy atom. The maximum atomic E-state index is 11.3. The molecule has 4 atom stereocenters. The average molecular weight is 388 g/mol. The van der Waals surface area contributed by atoms with Crippen molar-refractivity contribution in [2.75, 3.05) is 40.6 Å². The van der Waals surface area contributed by atoms with E-state index in [-0.39, 0.29) is 24.6 Å². The second-order valence-corrected chi connectivity index (χ2v) is 7.23. The second kappa shape index (κ2) is 9.84. The molecule has 0 aromatic heterocycles. The summed E-state index contributed by atoms with van der Waals surface area (Å²) >= 11 is 0. The van der Waals surface area contributed by atoms with E-state index < -0.39 is 11.6 Å². The molecule has 2 aliphatic rings. The maximum Gasteiger partial charge on any atom is 0.305 e. The van der Waals surface area contributed by atoms with Crippen molar-refractivity contribution in [2.45, 2.75) is 63.3 Å². The first-order valence-corrected chi connectivity index (χ1v) is 9.27. The Morgan fingerprint density at radius 3 is 1.96 bits per heavy atom. The van der Waals surface area contributed by atoms with E-state index in [2.05, 4.69) is 11.3 Å². The van der Waals surface area contributed by atoms with Crippen LogP contribution in [0.2, 0.25) is 0 Å².